The van der Waals surface area contributed by atoms with Crippen LogP contribution < -0.4 is 0 Å². The molecule has 0 aliphatic heterocycles. The number of aliphatic hydroxyl groups is 1. The van der Waals surface area contributed by atoms with Gasteiger partial charge < -0.3 is 5.11 Å². The first kappa shape index (κ1) is 26.1. The number of aryl methyl sites for hydroxylation is 1. The van der Waals surface area contributed by atoms with Crippen LogP contribution in [0.1, 0.15) is 103 Å². The van der Waals surface area contributed by atoms with Crippen LogP contribution in [-0.4, -0.2) is 10.7 Å². The van der Waals surface area contributed by atoms with Gasteiger partial charge in [0.1, 0.15) is 0 Å². The molecular weight excluding hydrogens is 472 g/mol. The van der Waals surface area contributed by atoms with Crippen LogP contribution in [0.25, 0.3) is 0 Å². The summed E-state index contributed by atoms with van der Waals surface area (Å²) in [6, 6.07) is 11.0. The molecule has 1 aromatic rings. The van der Waals surface area contributed by atoms with Crippen molar-refractivity contribution in [1.82, 2.24) is 0 Å². The van der Waals surface area contributed by atoms with Crippen molar-refractivity contribution in [3.63, 3.8) is 0 Å². The van der Waals surface area contributed by atoms with Crippen LogP contribution in [0.2, 0.25) is 0 Å². The minimum atomic E-state index is -0.533. The second kappa shape index (κ2) is 9.34. The zero-order valence-corrected chi connectivity index (χ0v) is 24.6. The first-order valence-electron chi connectivity index (χ1n) is 16.3. The van der Waals surface area contributed by atoms with E-state index in [1.54, 1.807) is 5.57 Å². The monoisotopic (exact) mass is 522 g/mol. The molecule has 0 radical (unpaired) electrons. The van der Waals surface area contributed by atoms with E-state index in [-0.39, 0.29) is 16.2 Å². The van der Waals surface area contributed by atoms with Gasteiger partial charge in [0.25, 0.3) is 0 Å². The predicted molar refractivity (Wildman–Crippen MR) is 162 cm³/mol. The van der Waals surface area contributed by atoms with Crippen LogP contribution in [-0.2, 0) is 6.42 Å². The molecule has 6 aliphatic rings. The van der Waals surface area contributed by atoms with Gasteiger partial charge in [-0.15, -0.1) is 0 Å². The van der Waals surface area contributed by atoms with Crippen molar-refractivity contribution in [2.75, 3.05) is 0 Å². The van der Waals surface area contributed by atoms with Crippen molar-refractivity contribution in [2.45, 2.75) is 109 Å². The molecule has 0 saturated heterocycles. The van der Waals surface area contributed by atoms with Gasteiger partial charge in [-0.1, -0.05) is 90.8 Å². The molecule has 1 heteroatoms. The van der Waals surface area contributed by atoms with E-state index in [2.05, 4.69) is 75.1 Å². The fraction of sp³-hybridized carbons (Fsp3) is 0.632. The Labute approximate surface area is 237 Å². The number of hydrogen-bond acceptors (Lipinski definition) is 1. The van der Waals surface area contributed by atoms with Gasteiger partial charge in [0.05, 0.1) is 5.60 Å². The molecule has 1 N–H and O–H groups in total. The Morgan fingerprint density at radius 1 is 1.00 bits per heavy atom. The van der Waals surface area contributed by atoms with Crippen LogP contribution in [0.4, 0.5) is 0 Å². The Balaban J connectivity index is 1.26. The third-order valence-electron chi connectivity index (χ3n) is 13.5. The van der Waals surface area contributed by atoms with Gasteiger partial charge in [-0.05, 0) is 126 Å². The van der Waals surface area contributed by atoms with Crippen molar-refractivity contribution in [3.05, 3.63) is 83.5 Å². The Bertz CT molecular complexity index is 1210. The molecule has 208 valence electrons. The fourth-order valence-electron chi connectivity index (χ4n) is 11.7. The molecular formula is C38H50O. The van der Waals surface area contributed by atoms with Crippen LogP contribution in [0.3, 0.4) is 0 Å². The summed E-state index contributed by atoms with van der Waals surface area (Å²) in [5, 5.41) is 13.4. The SMILES string of the molecule is C=C(C)C1CCC23CC=CC4C(C5(O)C(CCc6ccccc6)CCC56CCCC6)CCC42C=CC(C)=C3C1. The maximum Gasteiger partial charge on any atom is 0.0765 e. The van der Waals surface area contributed by atoms with Crippen LogP contribution >= 0.6 is 0 Å². The first-order chi connectivity index (χ1) is 18.9. The molecule has 0 aromatic heterocycles. The molecule has 1 nitrogen and oxygen atoms in total. The second-order valence-electron chi connectivity index (χ2n) is 14.8. The van der Waals surface area contributed by atoms with Gasteiger partial charge in [0.15, 0.2) is 0 Å². The van der Waals surface area contributed by atoms with Gasteiger partial charge >= 0.3 is 0 Å². The molecule has 4 saturated carbocycles. The van der Waals surface area contributed by atoms with Crippen molar-refractivity contribution in [1.29, 1.82) is 0 Å². The minimum Gasteiger partial charge on any atom is -0.389 e. The molecule has 39 heavy (non-hydrogen) atoms. The van der Waals surface area contributed by atoms with E-state index in [0.29, 0.717) is 23.7 Å². The van der Waals surface area contributed by atoms with Crippen molar-refractivity contribution < 1.29 is 5.11 Å². The van der Waals surface area contributed by atoms with E-state index in [0.717, 1.165) is 12.8 Å². The highest BCUT2D eigenvalue weighted by Crippen LogP contribution is 2.75. The largest absolute Gasteiger partial charge is 0.389 e. The standard InChI is InChI=1S/C38H50O/c1-27(2)30-16-24-36-21-9-12-32-33(18-25-37(32,36)23-15-28(3)34(36)26-30)38(39)31(14-13-29-10-5-4-6-11-29)17-22-35(38)19-7-8-20-35/h4-6,9-12,15,23,30-33,39H,1,7-8,13-14,16-22,24-26H2,2-3H3. The summed E-state index contributed by atoms with van der Waals surface area (Å²) in [7, 11) is 0. The van der Waals surface area contributed by atoms with Crippen LogP contribution in [0.5, 0.6) is 0 Å². The van der Waals surface area contributed by atoms with E-state index in [1.165, 1.54) is 93.8 Å². The molecule has 4 fully saturated rings. The van der Waals surface area contributed by atoms with E-state index >= 15 is 0 Å². The Hall–Kier alpha value is -1.86. The first-order valence-corrected chi connectivity index (χ1v) is 16.3. The van der Waals surface area contributed by atoms with Gasteiger partial charge in [-0.25, -0.2) is 0 Å². The zero-order valence-electron chi connectivity index (χ0n) is 24.6. The third kappa shape index (κ3) is 3.54. The average Bonchev–Trinajstić information content (AvgIpc) is 3.65. The zero-order chi connectivity index (χ0) is 26.9. The summed E-state index contributed by atoms with van der Waals surface area (Å²) in [5.74, 6) is 1.90. The molecule has 0 heterocycles. The van der Waals surface area contributed by atoms with Gasteiger partial charge in [0.2, 0.25) is 0 Å². The maximum absolute atomic E-state index is 13.4. The van der Waals surface area contributed by atoms with Gasteiger partial charge in [0, 0.05) is 10.8 Å². The smallest absolute Gasteiger partial charge is 0.0765 e. The summed E-state index contributed by atoms with van der Waals surface area (Å²) in [6.07, 6.45) is 27.6. The lowest BCUT2D eigenvalue weighted by Crippen LogP contribution is -2.57. The lowest BCUT2D eigenvalue weighted by atomic mass is 9.44. The Morgan fingerprint density at radius 2 is 1.79 bits per heavy atom. The summed E-state index contributed by atoms with van der Waals surface area (Å²) in [6.45, 7) is 9.00. The Morgan fingerprint density at radius 3 is 2.56 bits per heavy atom. The quantitative estimate of drug-likeness (QED) is 0.382. The molecule has 0 amide bonds. The number of hydrogen-bond donors (Lipinski definition) is 1. The van der Waals surface area contributed by atoms with E-state index in [4.69, 9.17) is 0 Å². The Kier molecular flexibility index (Phi) is 6.24. The molecule has 6 aliphatic carbocycles. The highest BCUT2D eigenvalue weighted by Gasteiger charge is 2.70. The molecule has 3 spiro atoms. The summed E-state index contributed by atoms with van der Waals surface area (Å²) in [5.41, 5.74) is 6.12. The fourth-order valence-corrected chi connectivity index (χ4v) is 11.7. The molecule has 7 atom stereocenters. The maximum atomic E-state index is 13.4. The van der Waals surface area contributed by atoms with Crippen LogP contribution in [0.15, 0.2) is 77.9 Å². The van der Waals surface area contributed by atoms with Crippen molar-refractivity contribution in [3.8, 4) is 0 Å². The highest BCUT2D eigenvalue weighted by atomic mass is 16.3. The minimum absolute atomic E-state index is 0.146. The predicted octanol–water partition coefficient (Wildman–Crippen LogP) is 9.54. The normalized spacial score (nSPS) is 42.0. The van der Waals surface area contributed by atoms with Crippen molar-refractivity contribution >= 4 is 0 Å². The molecule has 7 unspecified atom stereocenters. The lowest BCUT2D eigenvalue weighted by Gasteiger charge is -2.60. The van der Waals surface area contributed by atoms with Gasteiger partial charge in [-0.3, -0.25) is 0 Å². The van der Waals surface area contributed by atoms with E-state index < -0.39 is 5.60 Å². The second-order valence-corrected chi connectivity index (χ2v) is 14.8. The number of benzene rings is 1. The summed E-state index contributed by atoms with van der Waals surface area (Å²) >= 11 is 0. The number of rotatable bonds is 5. The van der Waals surface area contributed by atoms with E-state index in [1.807, 2.05) is 0 Å². The summed E-state index contributed by atoms with van der Waals surface area (Å²) in [4.78, 5) is 0. The van der Waals surface area contributed by atoms with Gasteiger partial charge in [-0.2, -0.15) is 0 Å². The highest BCUT2D eigenvalue weighted by molar-refractivity contribution is 5.45. The third-order valence-corrected chi connectivity index (χ3v) is 13.5. The summed E-state index contributed by atoms with van der Waals surface area (Å²) < 4.78 is 0. The number of allylic oxidation sites excluding steroid dienone is 7. The van der Waals surface area contributed by atoms with E-state index in [9.17, 15) is 5.11 Å². The molecule has 7 rings (SSSR count). The van der Waals surface area contributed by atoms with Crippen molar-refractivity contribution in [2.24, 2.45) is 39.9 Å². The van der Waals surface area contributed by atoms with Crippen LogP contribution in [0, 0.1) is 39.9 Å². The molecule has 1 aromatic carbocycles. The molecule has 0 bridgehead atoms. The average molecular weight is 523 g/mol. The topological polar surface area (TPSA) is 20.2 Å². The lowest BCUT2D eigenvalue weighted by molar-refractivity contribution is -0.148.